The molecule has 184 valence electrons. The lowest BCUT2D eigenvalue weighted by Gasteiger charge is -2.25. The van der Waals surface area contributed by atoms with Gasteiger partial charge in [0.1, 0.15) is 0 Å². The third-order valence-electron chi connectivity index (χ3n) is 6.00. The molecule has 0 saturated heterocycles. The Labute approximate surface area is 213 Å². The van der Waals surface area contributed by atoms with Gasteiger partial charge in [-0.3, -0.25) is 9.10 Å². The zero-order chi connectivity index (χ0) is 25.4. The highest BCUT2D eigenvalue weighted by molar-refractivity contribution is 7.92. The Morgan fingerprint density at radius 3 is 1.92 bits per heavy atom. The molecule has 0 unspecified atom stereocenters. The molecule has 5 nitrogen and oxygen atoms in total. The Morgan fingerprint density at radius 2 is 1.31 bits per heavy atom. The van der Waals surface area contributed by atoms with E-state index in [1.54, 1.807) is 66.7 Å². The molecule has 0 aliphatic heterocycles. The highest BCUT2D eigenvalue weighted by Crippen LogP contribution is 2.26. The first kappa shape index (κ1) is 25.2. The Hall–Kier alpha value is -3.90. The fraction of sp³-hybridized carbons (Fsp3) is 0.167. The van der Waals surface area contributed by atoms with Gasteiger partial charge in [0.2, 0.25) is 0 Å². The summed E-state index contributed by atoms with van der Waals surface area (Å²) >= 11 is 0. The van der Waals surface area contributed by atoms with Crippen LogP contribution in [0.4, 0.5) is 5.69 Å². The summed E-state index contributed by atoms with van der Waals surface area (Å²) in [4.78, 5) is 13.0. The van der Waals surface area contributed by atoms with E-state index in [4.69, 9.17) is 0 Å². The van der Waals surface area contributed by atoms with Crippen LogP contribution in [-0.4, -0.2) is 20.4 Å². The van der Waals surface area contributed by atoms with E-state index >= 15 is 0 Å². The van der Waals surface area contributed by atoms with Crippen molar-refractivity contribution in [1.29, 1.82) is 0 Å². The first-order chi connectivity index (χ1) is 17.4. The number of hydrogen-bond acceptors (Lipinski definition) is 3. The van der Waals surface area contributed by atoms with Crippen LogP contribution in [0.5, 0.6) is 0 Å². The minimum atomic E-state index is -3.77. The highest BCUT2D eigenvalue weighted by Gasteiger charge is 2.25. The van der Waals surface area contributed by atoms with Crippen LogP contribution in [-0.2, 0) is 23.0 Å². The molecule has 0 fully saturated rings. The van der Waals surface area contributed by atoms with Gasteiger partial charge in [-0.25, -0.2) is 8.42 Å². The first-order valence-corrected chi connectivity index (χ1v) is 13.4. The van der Waals surface area contributed by atoms with E-state index in [1.807, 2.05) is 43.3 Å². The molecule has 0 aliphatic rings. The maximum absolute atomic E-state index is 13.5. The number of para-hydroxylation sites is 1. The van der Waals surface area contributed by atoms with Gasteiger partial charge in [0.15, 0.2) is 0 Å². The summed E-state index contributed by atoms with van der Waals surface area (Å²) in [6.07, 6.45) is 1.74. The quantitative estimate of drug-likeness (QED) is 0.299. The molecular weight excluding hydrogens is 468 g/mol. The first-order valence-electron chi connectivity index (χ1n) is 12.0. The minimum Gasteiger partial charge on any atom is -0.350 e. The van der Waals surface area contributed by atoms with Crippen LogP contribution < -0.4 is 9.62 Å². The maximum atomic E-state index is 13.5. The third-order valence-corrected chi connectivity index (χ3v) is 7.79. The van der Waals surface area contributed by atoms with E-state index in [9.17, 15) is 13.2 Å². The molecule has 4 aromatic rings. The average molecular weight is 499 g/mol. The van der Waals surface area contributed by atoms with Crippen LogP contribution in [0.3, 0.4) is 0 Å². The number of carbonyl (C=O) groups excluding carboxylic acids is 1. The molecule has 6 heteroatoms. The second-order valence-corrected chi connectivity index (χ2v) is 10.6. The van der Waals surface area contributed by atoms with Gasteiger partial charge in [0.05, 0.1) is 17.1 Å². The number of nitrogens with zero attached hydrogens (tertiary/aromatic N) is 1. The summed E-state index contributed by atoms with van der Waals surface area (Å²) < 4.78 is 28.3. The zero-order valence-electron chi connectivity index (χ0n) is 20.2. The molecule has 0 aliphatic carbocycles. The van der Waals surface area contributed by atoms with Crippen molar-refractivity contribution < 1.29 is 13.2 Å². The number of benzene rings is 4. The molecule has 36 heavy (non-hydrogen) atoms. The van der Waals surface area contributed by atoms with Gasteiger partial charge in [-0.1, -0.05) is 78.9 Å². The fourth-order valence-electron chi connectivity index (χ4n) is 3.96. The van der Waals surface area contributed by atoms with Gasteiger partial charge in [-0.2, -0.15) is 0 Å². The number of sulfonamides is 1. The molecule has 0 saturated carbocycles. The Morgan fingerprint density at radius 1 is 0.750 bits per heavy atom. The van der Waals surface area contributed by atoms with Crippen molar-refractivity contribution in [3.8, 4) is 0 Å². The van der Waals surface area contributed by atoms with E-state index in [-0.39, 0.29) is 23.4 Å². The molecule has 1 atom stereocenters. The molecule has 0 bridgehead atoms. The van der Waals surface area contributed by atoms with Crippen LogP contribution >= 0.6 is 0 Å². The molecule has 4 aromatic carbocycles. The number of nitrogens with one attached hydrogen (secondary N) is 1. The van der Waals surface area contributed by atoms with Crippen LogP contribution in [0.1, 0.15) is 34.8 Å². The molecule has 1 amide bonds. The van der Waals surface area contributed by atoms with Crippen LogP contribution in [0.25, 0.3) is 0 Å². The molecule has 0 radical (unpaired) electrons. The smallest absolute Gasteiger partial charge is 0.264 e. The van der Waals surface area contributed by atoms with Gasteiger partial charge < -0.3 is 5.32 Å². The zero-order valence-corrected chi connectivity index (χ0v) is 21.1. The van der Waals surface area contributed by atoms with Crippen molar-refractivity contribution in [3.63, 3.8) is 0 Å². The van der Waals surface area contributed by atoms with Gasteiger partial charge >= 0.3 is 0 Å². The second kappa shape index (κ2) is 11.7. The van der Waals surface area contributed by atoms with Crippen molar-refractivity contribution in [3.05, 3.63) is 132 Å². The van der Waals surface area contributed by atoms with Gasteiger partial charge in [-0.15, -0.1) is 0 Å². The van der Waals surface area contributed by atoms with E-state index in [1.165, 1.54) is 9.87 Å². The second-order valence-electron chi connectivity index (χ2n) is 8.76. The molecular formula is C30H30N2O3S. The number of carbonyl (C=O) groups is 1. The number of hydrogen-bond donors (Lipinski definition) is 1. The lowest BCUT2D eigenvalue weighted by Crippen LogP contribution is -2.33. The SMILES string of the molecule is C[C@@H](CCc1ccccc1)NC(=O)c1ccc(CN(c2ccccc2)S(=O)(=O)c2ccccc2)cc1. The van der Waals surface area contributed by atoms with Gasteiger partial charge in [0, 0.05) is 11.6 Å². The van der Waals surface area contributed by atoms with Crippen LogP contribution in [0, 0.1) is 0 Å². The number of amides is 1. The standard InChI is InChI=1S/C30H30N2O3S/c1-24(17-18-25-11-5-2-6-12-25)31-30(33)27-21-19-26(20-22-27)23-32(28-13-7-3-8-14-28)36(34,35)29-15-9-4-10-16-29/h2-16,19-22,24H,17-18,23H2,1H3,(H,31,33)/t24-/m0/s1. The van der Waals surface area contributed by atoms with Crippen LogP contribution in [0.15, 0.2) is 120 Å². The van der Waals surface area contributed by atoms with Gasteiger partial charge in [0.25, 0.3) is 15.9 Å². The summed E-state index contributed by atoms with van der Waals surface area (Å²) in [5.74, 6) is -0.140. The van der Waals surface area contributed by atoms with Crippen molar-refractivity contribution in [2.24, 2.45) is 0 Å². The minimum absolute atomic E-state index is 0.0296. The molecule has 0 spiro atoms. The maximum Gasteiger partial charge on any atom is 0.264 e. The van der Waals surface area contributed by atoms with Crippen molar-refractivity contribution in [1.82, 2.24) is 5.32 Å². The number of anilines is 1. The third kappa shape index (κ3) is 6.40. The van der Waals surface area contributed by atoms with Crippen molar-refractivity contribution >= 4 is 21.6 Å². The van der Waals surface area contributed by atoms with Crippen molar-refractivity contribution in [2.45, 2.75) is 37.2 Å². The Balaban J connectivity index is 1.45. The summed E-state index contributed by atoms with van der Waals surface area (Å²) in [5, 5.41) is 3.05. The molecule has 0 heterocycles. The highest BCUT2D eigenvalue weighted by atomic mass is 32.2. The predicted octanol–water partition coefficient (Wildman–Crippen LogP) is 5.83. The lowest BCUT2D eigenvalue weighted by molar-refractivity contribution is 0.0938. The predicted molar refractivity (Wildman–Crippen MR) is 144 cm³/mol. The topological polar surface area (TPSA) is 66.5 Å². The summed E-state index contributed by atoms with van der Waals surface area (Å²) in [5.41, 5.74) is 3.15. The number of aryl methyl sites for hydroxylation is 1. The summed E-state index contributed by atoms with van der Waals surface area (Å²) in [6, 6.07) is 34.8. The largest absolute Gasteiger partial charge is 0.350 e. The van der Waals surface area contributed by atoms with Crippen molar-refractivity contribution in [2.75, 3.05) is 4.31 Å². The lowest BCUT2D eigenvalue weighted by atomic mass is 10.1. The summed E-state index contributed by atoms with van der Waals surface area (Å²) in [6.45, 7) is 2.15. The van der Waals surface area contributed by atoms with Gasteiger partial charge in [-0.05, 0) is 67.3 Å². The average Bonchev–Trinajstić information content (AvgIpc) is 2.92. The fourth-order valence-corrected chi connectivity index (χ4v) is 5.44. The van der Waals surface area contributed by atoms with E-state index in [2.05, 4.69) is 17.4 Å². The monoisotopic (exact) mass is 498 g/mol. The summed E-state index contributed by atoms with van der Waals surface area (Å²) in [7, 11) is -3.77. The van der Waals surface area contributed by atoms with E-state index < -0.39 is 10.0 Å². The molecule has 1 N–H and O–H groups in total. The van der Waals surface area contributed by atoms with E-state index in [0.717, 1.165) is 18.4 Å². The molecule has 4 rings (SSSR count). The number of rotatable bonds is 10. The van der Waals surface area contributed by atoms with Crippen LogP contribution in [0.2, 0.25) is 0 Å². The molecule has 0 aromatic heterocycles. The Kier molecular flexibility index (Phi) is 8.18. The van der Waals surface area contributed by atoms with E-state index in [0.29, 0.717) is 11.3 Å². The Bertz CT molecular complexity index is 1360. The normalized spacial score (nSPS) is 12.0.